The Balaban J connectivity index is 1.57. The van der Waals surface area contributed by atoms with E-state index in [1.54, 1.807) is 6.07 Å². The first-order chi connectivity index (χ1) is 12.3. The summed E-state index contributed by atoms with van der Waals surface area (Å²) in [7, 11) is 0. The van der Waals surface area contributed by atoms with Gasteiger partial charge in [-0.15, -0.1) is 0 Å². The minimum atomic E-state index is 0.653. The number of benzene rings is 2. The molecule has 2 aromatic rings. The van der Waals surface area contributed by atoms with Crippen molar-refractivity contribution in [3.05, 3.63) is 70.8 Å². The van der Waals surface area contributed by atoms with Crippen LogP contribution in [0.25, 0.3) is 0 Å². The molecule has 0 aliphatic rings. The molecule has 0 radical (unpaired) electrons. The molecule has 128 valence electrons. The van der Waals surface area contributed by atoms with Gasteiger partial charge >= 0.3 is 0 Å². The maximum Gasteiger partial charge on any atom is 0.0994 e. The highest BCUT2D eigenvalue weighted by atomic mass is 14.3. The molecule has 0 aromatic heterocycles. The van der Waals surface area contributed by atoms with Crippen molar-refractivity contribution in [1.29, 1.82) is 10.5 Å². The van der Waals surface area contributed by atoms with Crippen LogP contribution in [0.5, 0.6) is 0 Å². The fourth-order valence-electron chi connectivity index (χ4n) is 3.23. The Morgan fingerprint density at radius 3 is 1.64 bits per heavy atom. The number of aryl methyl sites for hydroxylation is 1. The first-order valence-electron chi connectivity index (χ1n) is 9.31. The van der Waals surface area contributed by atoms with Crippen molar-refractivity contribution in [1.82, 2.24) is 0 Å². The van der Waals surface area contributed by atoms with E-state index in [1.165, 1.54) is 50.5 Å². The highest BCUT2D eigenvalue weighted by molar-refractivity contribution is 5.48. The second-order valence-corrected chi connectivity index (χ2v) is 6.52. The molecular weight excluding hydrogens is 304 g/mol. The summed E-state index contributed by atoms with van der Waals surface area (Å²) in [5.41, 5.74) is 3.67. The first-order valence-corrected chi connectivity index (χ1v) is 9.31. The molecule has 0 saturated heterocycles. The van der Waals surface area contributed by atoms with Crippen LogP contribution in [-0.2, 0) is 12.8 Å². The molecule has 0 aliphatic heterocycles. The van der Waals surface area contributed by atoms with Crippen LogP contribution in [0.1, 0.15) is 67.2 Å². The van der Waals surface area contributed by atoms with Crippen molar-refractivity contribution in [3.63, 3.8) is 0 Å². The van der Waals surface area contributed by atoms with Gasteiger partial charge in [-0.05, 0) is 48.9 Å². The minimum absolute atomic E-state index is 0.653. The predicted octanol–water partition coefficient (Wildman–Crippen LogP) is 5.95. The standard InChI is InChI=1S/C23H26N2/c24-18-21-15-11-16-22(19-25)23(21)17-10-5-3-1-2-4-7-12-20-13-8-6-9-14-20/h6,8-9,11,13-16H,1-5,7,10,12,17H2. The predicted molar refractivity (Wildman–Crippen MR) is 102 cm³/mol. The molecular formula is C23H26N2. The summed E-state index contributed by atoms with van der Waals surface area (Å²) in [6, 6.07) is 20.5. The third-order valence-corrected chi connectivity index (χ3v) is 4.65. The number of nitriles is 2. The molecule has 0 fully saturated rings. The van der Waals surface area contributed by atoms with Gasteiger partial charge in [0.2, 0.25) is 0 Å². The van der Waals surface area contributed by atoms with Gasteiger partial charge in [0.05, 0.1) is 23.3 Å². The van der Waals surface area contributed by atoms with Gasteiger partial charge in [0.1, 0.15) is 0 Å². The average Bonchev–Trinajstić information content (AvgIpc) is 2.67. The SMILES string of the molecule is N#Cc1cccc(C#N)c1CCCCCCCCCc1ccccc1. The minimum Gasteiger partial charge on any atom is -0.192 e. The van der Waals surface area contributed by atoms with E-state index in [4.69, 9.17) is 0 Å². The lowest BCUT2D eigenvalue weighted by Gasteiger charge is -2.06. The van der Waals surface area contributed by atoms with Crippen LogP contribution in [-0.4, -0.2) is 0 Å². The Morgan fingerprint density at radius 2 is 1.08 bits per heavy atom. The van der Waals surface area contributed by atoms with Crippen molar-refractivity contribution in [2.45, 2.75) is 57.8 Å². The molecule has 0 spiro atoms. The monoisotopic (exact) mass is 330 g/mol. The molecule has 0 atom stereocenters. The third-order valence-electron chi connectivity index (χ3n) is 4.65. The molecule has 2 rings (SSSR count). The molecule has 0 bridgehead atoms. The van der Waals surface area contributed by atoms with E-state index in [0.29, 0.717) is 11.1 Å². The van der Waals surface area contributed by atoms with Gasteiger partial charge in [0.25, 0.3) is 0 Å². The Bertz CT molecular complexity index is 688. The lowest BCUT2D eigenvalue weighted by molar-refractivity contribution is 0.579. The average molecular weight is 330 g/mol. The van der Waals surface area contributed by atoms with Crippen molar-refractivity contribution in [3.8, 4) is 12.1 Å². The van der Waals surface area contributed by atoms with Crippen LogP contribution >= 0.6 is 0 Å². The zero-order valence-corrected chi connectivity index (χ0v) is 14.9. The van der Waals surface area contributed by atoms with Gasteiger partial charge in [-0.3, -0.25) is 0 Å². The van der Waals surface area contributed by atoms with Crippen LogP contribution in [0.4, 0.5) is 0 Å². The van der Waals surface area contributed by atoms with Gasteiger partial charge < -0.3 is 0 Å². The number of hydrogen-bond acceptors (Lipinski definition) is 2. The van der Waals surface area contributed by atoms with Crippen LogP contribution in [0.2, 0.25) is 0 Å². The van der Waals surface area contributed by atoms with Crippen LogP contribution in [0.15, 0.2) is 48.5 Å². The van der Waals surface area contributed by atoms with Crippen LogP contribution in [0.3, 0.4) is 0 Å². The first kappa shape index (κ1) is 18.8. The van der Waals surface area contributed by atoms with Gasteiger partial charge in [-0.1, -0.05) is 68.5 Å². The largest absolute Gasteiger partial charge is 0.192 e. The zero-order chi connectivity index (χ0) is 17.7. The molecule has 0 unspecified atom stereocenters. The molecule has 2 heteroatoms. The topological polar surface area (TPSA) is 47.6 Å². The van der Waals surface area contributed by atoms with Crippen LogP contribution < -0.4 is 0 Å². The zero-order valence-electron chi connectivity index (χ0n) is 14.9. The molecule has 2 aromatic carbocycles. The van der Waals surface area contributed by atoms with Crippen molar-refractivity contribution < 1.29 is 0 Å². The molecule has 0 saturated carbocycles. The maximum absolute atomic E-state index is 9.18. The fourth-order valence-corrected chi connectivity index (χ4v) is 3.23. The van der Waals surface area contributed by atoms with E-state index in [0.717, 1.165) is 18.4 Å². The Hall–Kier alpha value is -2.58. The maximum atomic E-state index is 9.18. The van der Waals surface area contributed by atoms with E-state index >= 15 is 0 Å². The quantitative estimate of drug-likeness (QED) is 0.506. The third kappa shape index (κ3) is 6.44. The molecule has 2 nitrogen and oxygen atoms in total. The Labute approximate surface area is 151 Å². The fraction of sp³-hybridized carbons (Fsp3) is 0.391. The summed E-state index contributed by atoms with van der Waals surface area (Å²) in [6.45, 7) is 0. The van der Waals surface area contributed by atoms with Gasteiger partial charge in [0.15, 0.2) is 0 Å². The highest BCUT2D eigenvalue weighted by Gasteiger charge is 2.07. The molecule has 25 heavy (non-hydrogen) atoms. The number of unbranched alkanes of at least 4 members (excludes halogenated alkanes) is 6. The second-order valence-electron chi connectivity index (χ2n) is 6.52. The van der Waals surface area contributed by atoms with E-state index in [-0.39, 0.29) is 0 Å². The number of hydrogen-bond donors (Lipinski definition) is 0. The van der Waals surface area contributed by atoms with Crippen LogP contribution in [0, 0.1) is 22.7 Å². The summed E-state index contributed by atoms with van der Waals surface area (Å²) in [5.74, 6) is 0. The summed E-state index contributed by atoms with van der Waals surface area (Å²) in [5, 5.41) is 18.4. The lowest BCUT2D eigenvalue weighted by Crippen LogP contribution is -1.95. The lowest BCUT2D eigenvalue weighted by atomic mass is 9.96. The molecule has 0 N–H and O–H groups in total. The normalized spacial score (nSPS) is 10.2. The van der Waals surface area contributed by atoms with Gasteiger partial charge in [0, 0.05) is 0 Å². The van der Waals surface area contributed by atoms with Gasteiger partial charge in [-0.25, -0.2) is 0 Å². The van der Waals surface area contributed by atoms with Crippen molar-refractivity contribution in [2.75, 3.05) is 0 Å². The van der Waals surface area contributed by atoms with E-state index in [2.05, 4.69) is 42.5 Å². The van der Waals surface area contributed by atoms with E-state index < -0.39 is 0 Å². The molecule has 0 aliphatic carbocycles. The highest BCUT2D eigenvalue weighted by Crippen LogP contribution is 2.18. The van der Waals surface area contributed by atoms with E-state index in [1.807, 2.05) is 12.1 Å². The number of rotatable bonds is 10. The van der Waals surface area contributed by atoms with Gasteiger partial charge in [-0.2, -0.15) is 10.5 Å². The summed E-state index contributed by atoms with van der Waals surface area (Å²) in [6.07, 6.45) is 10.6. The van der Waals surface area contributed by atoms with Crippen molar-refractivity contribution >= 4 is 0 Å². The molecule has 0 heterocycles. The Kier molecular flexibility index (Phi) is 8.30. The Morgan fingerprint density at radius 1 is 0.560 bits per heavy atom. The molecule has 0 amide bonds. The van der Waals surface area contributed by atoms with E-state index in [9.17, 15) is 10.5 Å². The second kappa shape index (κ2) is 11.1. The summed E-state index contributed by atoms with van der Waals surface area (Å²) in [4.78, 5) is 0. The summed E-state index contributed by atoms with van der Waals surface area (Å²) < 4.78 is 0. The smallest absolute Gasteiger partial charge is 0.0994 e. The van der Waals surface area contributed by atoms with Crippen molar-refractivity contribution in [2.24, 2.45) is 0 Å². The summed E-state index contributed by atoms with van der Waals surface area (Å²) >= 11 is 0. The number of nitrogens with zero attached hydrogens (tertiary/aromatic N) is 2.